The number of nitrogens with zero attached hydrogens (tertiary/aromatic N) is 2. The monoisotopic (exact) mass is 627 g/mol. The minimum Gasteiger partial charge on any atom is -0.497 e. The Kier molecular flexibility index (Phi) is 11.8. The summed E-state index contributed by atoms with van der Waals surface area (Å²) in [7, 11) is -2.63. The lowest BCUT2D eigenvalue weighted by atomic mass is 10.0. The van der Waals surface area contributed by atoms with Crippen LogP contribution in [0.3, 0.4) is 0 Å². The Hall–Kier alpha value is -4.63. The van der Waals surface area contributed by atoms with Crippen LogP contribution in [-0.4, -0.2) is 51.4 Å². The number of anilines is 1. The van der Waals surface area contributed by atoms with Gasteiger partial charge in [-0.3, -0.25) is 13.9 Å². The maximum atomic E-state index is 14.5. The standard InChI is InChI=1S/C36H41N3O5S/c1-4-5-24-37-36(41)34(25-29-15-8-6-9-16-29)38(26-30-17-13-12-14-28(30)2)35(40)27-39(31-20-22-32(44-3)23-21-31)45(42,43)33-18-10-7-11-19-33/h6-23,34H,4-5,24-27H2,1-3H3,(H,37,41)/t34-/m0/s1. The van der Waals surface area contributed by atoms with Crippen molar-refractivity contribution in [1.29, 1.82) is 0 Å². The molecule has 236 valence electrons. The van der Waals surface area contributed by atoms with Crippen LogP contribution in [0.5, 0.6) is 5.75 Å². The van der Waals surface area contributed by atoms with Gasteiger partial charge in [0.25, 0.3) is 10.0 Å². The van der Waals surface area contributed by atoms with Crippen LogP contribution in [0.4, 0.5) is 5.69 Å². The van der Waals surface area contributed by atoms with Crippen molar-refractivity contribution in [3.05, 3.63) is 126 Å². The number of amides is 2. The molecule has 8 nitrogen and oxygen atoms in total. The summed E-state index contributed by atoms with van der Waals surface area (Å²) in [6.07, 6.45) is 1.98. The first-order valence-corrected chi connectivity index (χ1v) is 16.6. The first kappa shape index (κ1) is 33.3. The maximum absolute atomic E-state index is 14.5. The summed E-state index contributed by atoms with van der Waals surface area (Å²) in [5.74, 6) is -0.230. The number of carbonyl (C=O) groups is 2. The molecular weight excluding hydrogens is 586 g/mol. The van der Waals surface area contributed by atoms with E-state index in [2.05, 4.69) is 5.32 Å². The zero-order chi connectivity index (χ0) is 32.2. The number of aryl methyl sites for hydroxylation is 1. The third-order valence-corrected chi connectivity index (χ3v) is 9.46. The molecule has 0 aliphatic rings. The number of hydrogen-bond donors (Lipinski definition) is 1. The highest BCUT2D eigenvalue weighted by Gasteiger charge is 2.34. The van der Waals surface area contributed by atoms with E-state index in [0.717, 1.165) is 33.8 Å². The van der Waals surface area contributed by atoms with E-state index in [4.69, 9.17) is 4.74 Å². The summed E-state index contributed by atoms with van der Waals surface area (Å²) in [5.41, 5.74) is 3.02. The Labute approximate surface area is 266 Å². The fourth-order valence-electron chi connectivity index (χ4n) is 5.03. The summed E-state index contributed by atoms with van der Waals surface area (Å²) in [4.78, 5) is 29.9. The molecule has 45 heavy (non-hydrogen) atoms. The number of rotatable bonds is 15. The van der Waals surface area contributed by atoms with Gasteiger partial charge in [0.05, 0.1) is 17.7 Å². The first-order valence-electron chi connectivity index (χ1n) is 15.1. The number of methoxy groups -OCH3 is 1. The Morgan fingerprint density at radius 2 is 1.47 bits per heavy atom. The molecule has 0 bridgehead atoms. The second kappa shape index (κ2) is 15.9. The van der Waals surface area contributed by atoms with Crippen LogP contribution >= 0.6 is 0 Å². The lowest BCUT2D eigenvalue weighted by molar-refractivity contribution is -0.140. The minimum absolute atomic E-state index is 0.0530. The molecule has 0 fully saturated rings. The third kappa shape index (κ3) is 8.73. The molecule has 9 heteroatoms. The van der Waals surface area contributed by atoms with Crippen LogP contribution in [0.25, 0.3) is 0 Å². The van der Waals surface area contributed by atoms with Crippen molar-refractivity contribution in [3.63, 3.8) is 0 Å². The molecule has 0 unspecified atom stereocenters. The van der Waals surface area contributed by atoms with Gasteiger partial charge < -0.3 is 15.0 Å². The fourth-order valence-corrected chi connectivity index (χ4v) is 6.46. The molecule has 2 amide bonds. The van der Waals surface area contributed by atoms with Gasteiger partial charge in [-0.15, -0.1) is 0 Å². The average molecular weight is 628 g/mol. The van der Waals surface area contributed by atoms with Gasteiger partial charge in [0.2, 0.25) is 11.8 Å². The number of sulfonamides is 1. The molecule has 4 aromatic carbocycles. The number of unbranched alkanes of at least 4 members (excludes halogenated alkanes) is 1. The van der Waals surface area contributed by atoms with Gasteiger partial charge in [0.15, 0.2) is 0 Å². The smallest absolute Gasteiger partial charge is 0.264 e. The summed E-state index contributed by atoms with van der Waals surface area (Å²) in [6.45, 7) is 4.10. The van der Waals surface area contributed by atoms with Gasteiger partial charge >= 0.3 is 0 Å². The van der Waals surface area contributed by atoms with E-state index in [1.807, 2.05) is 68.4 Å². The van der Waals surface area contributed by atoms with Gasteiger partial charge in [-0.1, -0.05) is 86.1 Å². The second-order valence-electron chi connectivity index (χ2n) is 10.8. The van der Waals surface area contributed by atoms with Crippen molar-refractivity contribution in [2.45, 2.75) is 50.6 Å². The van der Waals surface area contributed by atoms with Crippen LogP contribution < -0.4 is 14.4 Å². The highest BCUT2D eigenvalue weighted by atomic mass is 32.2. The summed E-state index contributed by atoms with van der Waals surface area (Å²) >= 11 is 0. The fraction of sp³-hybridized carbons (Fsp3) is 0.278. The van der Waals surface area contributed by atoms with E-state index in [1.165, 1.54) is 24.1 Å². The van der Waals surface area contributed by atoms with Gasteiger partial charge in [-0.05, 0) is 66.4 Å². The van der Waals surface area contributed by atoms with E-state index in [9.17, 15) is 18.0 Å². The summed E-state index contributed by atoms with van der Waals surface area (Å²) in [5, 5.41) is 3.01. The van der Waals surface area contributed by atoms with E-state index in [1.54, 1.807) is 42.5 Å². The average Bonchev–Trinajstić information content (AvgIpc) is 3.07. The molecule has 0 aliphatic carbocycles. The first-order chi connectivity index (χ1) is 21.7. The summed E-state index contributed by atoms with van der Waals surface area (Å²) < 4.78 is 34.5. The van der Waals surface area contributed by atoms with Gasteiger partial charge in [0.1, 0.15) is 18.3 Å². The molecule has 1 N–H and O–H groups in total. The maximum Gasteiger partial charge on any atom is 0.264 e. The number of hydrogen-bond acceptors (Lipinski definition) is 5. The molecule has 0 saturated heterocycles. The molecule has 0 spiro atoms. The van der Waals surface area contributed by atoms with Crippen molar-refractivity contribution < 1.29 is 22.7 Å². The van der Waals surface area contributed by atoms with Crippen molar-refractivity contribution in [2.75, 3.05) is 24.5 Å². The van der Waals surface area contributed by atoms with Crippen LogP contribution in [0.1, 0.15) is 36.5 Å². The molecule has 4 rings (SSSR count). The Morgan fingerprint density at radius 1 is 0.844 bits per heavy atom. The van der Waals surface area contributed by atoms with Crippen LogP contribution in [0.15, 0.2) is 114 Å². The second-order valence-corrected chi connectivity index (χ2v) is 12.7. The van der Waals surface area contributed by atoms with Crippen molar-refractivity contribution in [2.24, 2.45) is 0 Å². The normalized spacial score (nSPS) is 11.8. The lowest BCUT2D eigenvalue weighted by Gasteiger charge is -2.34. The van der Waals surface area contributed by atoms with E-state index in [0.29, 0.717) is 18.0 Å². The topological polar surface area (TPSA) is 96.0 Å². The molecular formula is C36H41N3O5S. The van der Waals surface area contributed by atoms with Crippen LogP contribution in [0.2, 0.25) is 0 Å². The molecule has 1 atom stereocenters. The SMILES string of the molecule is CCCCNC(=O)[C@H](Cc1ccccc1)N(Cc1ccccc1C)C(=O)CN(c1ccc(OC)cc1)S(=O)(=O)c1ccccc1. The predicted octanol–water partition coefficient (Wildman–Crippen LogP) is 5.76. The molecule has 0 aromatic heterocycles. The highest BCUT2D eigenvalue weighted by molar-refractivity contribution is 7.92. The quantitative estimate of drug-likeness (QED) is 0.169. The van der Waals surface area contributed by atoms with Crippen LogP contribution in [-0.2, 0) is 32.6 Å². The zero-order valence-electron chi connectivity index (χ0n) is 26.1. The number of benzene rings is 4. The Bertz CT molecular complexity index is 1650. The number of ether oxygens (including phenoxy) is 1. The molecule has 0 saturated carbocycles. The molecule has 0 radical (unpaired) electrons. The Morgan fingerprint density at radius 3 is 2.09 bits per heavy atom. The minimum atomic E-state index is -4.16. The Balaban J connectivity index is 1.79. The molecule has 0 aliphatic heterocycles. The largest absolute Gasteiger partial charge is 0.497 e. The zero-order valence-corrected chi connectivity index (χ0v) is 26.9. The van der Waals surface area contributed by atoms with Crippen LogP contribution in [0, 0.1) is 6.92 Å². The van der Waals surface area contributed by atoms with Gasteiger partial charge in [0, 0.05) is 19.5 Å². The van der Waals surface area contributed by atoms with Gasteiger partial charge in [-0.2, -0.15) is 0 Å². The molecule has 0 heterocycles. The van der Waals surface area contributed by atoms with E-state index < -0.39 is 28.5 Å². The lowest BCUT2D eigenvalue weighted by Crippen LogP contribution is -2.53. The predicted molar refractivity (Wildman–Crippen MR) is 178 cm³/mol. The van der Waals surface area contributed by atoms with E-state index in [-0.39, 0.29) is 23.8 Å². The van der Waals surface area contributed by atoms with Crippen molar-refractivity contribution >= 4 is 27.5 Å². The number of carbonyl (C=O) groups excluding carboxylic acids is 2. The van der Waals surface area contributed by atoms with Gasteiger partial charge in [-0.25, -0.2) is 8.42 Å². The van der Waals surface area contributed by atoms with Crippen molar-refractivity contribution in [3.8, 4) is 5.75 Å². The summed E-state index contributed by atoms with van der Waals surface area (Å²) in [6, 6.07) is 30.9. The highest BCUT2D eigenvalue weighted by Crippen LogP contribution is 2.27. The van der Waals surface area contributed by atoms with Crippen molar-refractivity contribution in [1.82, 2.24) is 10.2 Å². The molecule has 4 aromatic rings. The number of nitrogens with one attached hydrogen (secondary N) is 1. The third-order valence-electron chi connectivity index (χ3n) is 7.67. The van der Waals surface area contributed by atoms with E-state index >= 15 is 0 Å².